The molecule has 0 aliphatic heterocycles. The van der Waals surface area contributed by atoms with Gasteiger partial charge < -0.3 is 9.88 Å². The Hall–Kier alpha value is -2.09. The van der Waals surface area contributed by atoms with E-state index in [1.165, 1.54) is 6.07 Å². The van der Waals surface area contributed by atoms with Gasteiger partial charge in [0.05, 0.1) is 17.1 Å². The number of halogens is 4. The van der Waals surface area contributed by atoms with E-state index in [2.05, 4.69) is 20.1 Å². The molecule has 2 aromatic rings. The van der Waals surface area contributed by atoms with Gasteiger partial charge in [0.15, 0.2) is 5.82 Å². The van der Waals surface area contributed by atoms with E-state index in [0.29, 0.717) is 17.8 Å². The number of hydrogen-bond donors (Lipinski definition) is 1. The van der Waals surface area contributed by atoms with Crippen LogP contribution in [0, 0.1) is 0 Å². The predicted octanol–water partition coefficient (Wildman–Crippen LogP) is 4.09. The van der Waals surface area contributed by atoms with Crippen molar-refractivity contribution >= 4 is 17.5 Å². The van der Waals surface area contributed by atoms with E-state index in [4.69, 9.17) is 11.6 Å². The molecule has 0 atom stereocenters. The predicted molar refractivity (Wildman–Crippen MR) is 87.9 cm³/mol. The minimum absolute atomic E-state index is 0.0957. The Morgan fingerprint density at radius 2 is 1.96 bits per heavy atom. The average molecular weight is 385 g/mol. The highest BCUT2D eigenvalue weighted by Gasteiger charge is 2.36. The summed E-state index contributed by atoms with van der Waals surface area (Å²) >= 11 is 5.59. The van der Waals surface area contributed by atoms with Crippen molar-refractivity contribution < 1.29 is 18.0 Å². The lowest BCUT2D eigenvalue weighted by atomic mass is 10.1. The first-order valence-corrected chi connectivity index (χ1v) is 8.81. The third-order valence-electron chi connectivity index (χ3n) is 4.59. The molecule has 1 amide bonds. The van der Waals surface area contributed by atoms with Crippen molar-refractivity contribution in [3.63, 3.8) is 0 Å². The third-order valence-corrected chi connectivity index (χ3v) is 4.92. The average Bonchev–Trinajstić information content (AvgIpc) is 3.50. The van der Waals surface area contributed by atoms with Crippen molar-refractivity contribution in [2.24, 2.45) is 0 Å². The first-order chi connectivity index (χ1) is 12.3. The van der Waals surface area contributed by atoms with E-state index in [9.17, 15) is 18.0 Å². The summed E-state index contributed by atoms with van der Waals surface area (Å²) in [4.78, 5) is 12.3. The summed E-state index contributed by atoms with van der Waals surface area (Å²) in [5.41, 5.74) is -1.12. The van der Waals surface area contributed by atoms with Gasteiger partial charge in [0.1, 0.15) is 5.82 Å². The number of nitrogens with one attached hydrogen (secondary N) is 1. The number of nitrogens with zero attached hydrogens (tertiary/aromatic N) is 3. The topological polar surface area (TPSA) is 59.8 Å². The zero-order valence-corrected chi connectivity index (χ0v) is 14.4. The molecule has 1 heterocycles. The molecule has 26 heavy (non-hydrogen) atoms. The molecule has 0 saturated heterocycles. The summed E-state index contributed by atoms with van der Waals surface area (Å²) in [7, 11) is 0. The van der Waals surface area contributed by atoms with E-state index in [1.807, 2.05) is 0 Å². The Kier molecular flexibility index (Phi) is 4.17. The molecule has 1 aromatic heterocycles. The SMILES string of the molecule is O=C(NCc1nnc(C2CC2)n1C1CC1)c1ccc(Cl)c(C(F)(F)F)c1. The van der Waals surface area contributed by atoms with Crippen LogP contribution in [0.5, 0.6) is 0 Å². The van der Waals surface area contributed by atoms with Crippen LogP contribution in [0.4, 0.5) is 13.2 Å². The lowest BCUT2D eigenvalue weighted by Crippen LogP contribution is -2.25. The summed E-state index contributed by atoms with van der Waals surface area (Å²) in [6.07, 6.45) is -0.293. The Bertz CT molecular complexity index is 856. The van der Waals surface area contributed by atoms with Gasteiger partial charge >= 0.3 is 6.18 Å². The molecule has 0 bridgehead atoms. The molecule has 2 aliphatic carbocycles. The Morgan fingerprint density at radius 3 is 2.58 bits per heavy atom. The maximum absolute atomic E-state index is 12.9. The second kappa shape index (κ2) is 6.26. The fourth-order valence-corrected chi connectivity index (χ4v) is 3.18. The van der Waals surface area contributed by atoms with E-state index in [1.54, 1.807) is 0 Å². The van der Waals surface area contributed by atoms with E-state index < -0.39 is 22.7 Å². The number of carbonyl (C=O) groups excluding carboxylic acids is 1. The zero-order chi connectivity index (χ0) is 18.5. The second-order valence-corrected chi connectivity index (χ2v) is 7.13. The Morgan fingerprint density at radius 1 is 1.23 bits per heavy atom. The van der Waals surface area contributed by atoms with Gasteiger partial charge in [-0.2, -0.15) is 13.2 Å². The van der Waals surface area contributed by atoms with Crippen molar-refractivity contribution in [1.29, 1.82) is 0 Å². The molecule has 0 radical (unpaired) electrons. The van der Waals surface area contributed by atoms with Crippen LogP contribution in [0.15, 0.2) is 18.2 Å². The fraction of sp³-hybridized carbons (Fsp3) is 0.471. The number of carbonyl (C=O) groups is 1. The van der Waals surface area contributed by atoms with E-state index in [0.717, 1.165) is 43.6 Å². The summed E-state index contributed by atoms with van der Waals surface area (Å²) in [6, 6.07) is 3.49. The Labute approximate surface area is 152 Å². The van der Waals surface area contributed by atoms with Gasteiger partial charge in [-0.1, -0.05) is 11.6 Å². The van der Waals surface area contributed by atoms with Crippen LogP contribution in [0.3, 0.4) is 0 Å². The molecule has 1 aromatic carbocycles. The standard InChI is InChI=1S/C17H16ClF3N4O/c18-13-6-3-10(7-12(13)17(19,20)21)16(26)22-8-14-23-24-15(9-1-2-9)25(14)11-4-5-11/h3,6-7,9,11H,1-2,4-5,8H2,(H,22,26). The number of amides is 1. The normalized spacial score (nSPS) is 17.4. The second-order valence-electron chi connectivity index (χ2n) is 6.72. The van der Waals surface area contributed by atoms with Crippen LogP contribution in [0.2, 0.25) is 5.02 Å². The molecular formula is C17H16ClF3N4O. The van der Waals surface area contributed by atoms with Crippen LogP contribution < -0.4 is 5.32 Å². The van der Waals surface area contributed by atoms with Gasteiger partial charge in [-0.3, -0.25) is 4.79 Å². The van der Waals surface area contributed by atoms with Crippen LogP contribution in [0.1, 0.15) is 65.2 Å². The van der Waals surface area contributed by atoms with Crippen LogP contribution in [-0.2, 0) is 12.7 Å². The minimum atomic E-state index is -4.61. The fourth-order valence-electron chi connectivity index (χ4n) is 2.95. The summed E-state index contributed by atoms with van der Waals surface area (Å²) in [5.74, 6) is 1.44. The minimum Gasteiger partial charge on any atom is -0.345 e. The molecule has 138 valence electrons. The van der Waals surface area contributed by atoms with Gasteiger partial charge in [0.25, 0.3) is 5.91 Å². The highest BCUT2D eigenvalue weighted by molar-refractivity contribution is 6.31. The van der Waals surface area contributed by atoms with Gasteiger partial charge in [0, 0.05) is 17.5 Å². The summed E-state index contributed by atoms with van der Waals surface area (Å²) < 4.78 is 40.9. The zero-order valence-electron chi connectivity index (χ0n) is 13.7. The van der Waals surface area contributed by atoms with Gasteiger partial charge in [-0.05, 0) is 43.9 Å². The number of hydrogen-bond acceptors (Lipinski definition) is 3. The first kappa shape index (κ1) is 17.3. The third kappa shape index (κ3) is 3.42. The van der Waals surface area contributed by atoms with Crippen molar-refractivity contribution in [3.05, 3.63) is 46.0 Å². The maximum Gasteiger partial charge on any atom is 0.417 e. The van der Waals surface area contributed by atoms with Crippen LogP contribution in [-0.4, -0.2) is 20.7 Å². The lowest BCUT2D eigenvalue weighted by Gasteiger charge is -2.12. The Balaban J connectivity index is 1.50. The smallest absolute Gasteiger partial charge is 0.345 e. The molecule has 1 N–H and O–H groups in total. The monoisotopic (exact) mass is 384 g/mol. The van der Waals surface area contributed by atoms with Crippen molar-refractivity contribution in [1.82, 2.24) is 20.1 Å². The van der Waals surface area contributed by atoms with Gasteiger partial charge in [-0.25, -0.2) is 0 Å². The largest absolute Gasteiger partial charge is 0.417 e. The highest BCUT2D eigenvalue weighted by atomic mass is 35.5. The molecule has 9 heteroatoms. The molecule has 4 rings (SSSR count). The molecule has 2 saturated carbocycles. The number of alkyl halides is 3. The number of benzene rings is 1. The highest BCUT2D eigenvalue weighted by Crippen LogP contribution is 2.44. The van der Waals surface area contributed by atoms with Crippen LogP contribution >= 0.6 is 11.6 Å². The quantitative estimate of drug-likeness (QED) is 0.844. The molecular weight excluding hydrogens is 369 g/mol. The number of aromatic nitrogens is 3. The summed E-state index contributed by atoms with van der Waals surface area (Å²) in [6.45, 7) is 0.124. The van der Waals surface area contributed by atoms with Crippen molar-refractivity contribution in [2.75, 3.05) is 0 Å². The molecule has 2 fully saturated rings. The van der Waals surface area contributed by atoms with Crippen molar-refractivity contribution in [2.45, 2.75) is 50.4 Å². The summed E-state index contributed by atoms with van der Waals surface area (Å²) in [5, 5.41) is 10.6. The number of rotatable bonds is 5. The molecule has 0 unspecified atom stereocenters. The van der Waals surface area contributed by atoms with Gasteiger partial charge in [-0.15, -0.1) is 10.2 Å². The molecule has 2 aliphatic rings. The van der Waals surface area contributed by atoms with Gasteiger partial charge in [0.2, 0.25) is 0 Å². The van der Waals surface area contributed by atoms with E-state index in [-0.39, 0.29) is 12.1 Å². The molecule has 5 nitrogen and oxygen atoms in total. The lowest BCUT2D eigenvalue weighted by molar-refractivity contribution is -0.137. The first-order valence-electron chi connectivity index (χ1n) is 8.43. The van der Waals surface area contributed by atoms with Crippen molar-refractivity contribution in [3.8, 4) is 0 Å². The maximum atomic E-state index is 12.9. The van der Waals surface area contributed by atoms with Crippen LogP contribution in [0.25, 0.3) is 0 Å². The molecule has 0 spiro atoms. The van der Waals surface area contributed by atoms with E-state index >= 15 is 0 Å².